The number of nitrogens with two attached hydrogens (primary N) is 1. The third kappa shape index (κ3) is 4.43. The van der Waals surface area contributed by atoms with Crippen LogP contribution in [0.5, 0.6) is 0 Å². The predicted octanol–water partition coefficient (Wildman–Crippen LogP) is 1.90. The second-order valence-corrected chi connectivity index (χ2v) is 6.24. The maximum Gasteiger partial charge on any atom is 0.253 e. The molecule has 21 heavy (non-hydrogen) atoms. The van der Waals surface area contributed by atoms with Gasteiger partial charge in [0.05, 0.1) is 12.0 Å². The molecule has 0 spiro atoms. The molecule has 0 aliphatic carbocycles. The third-order valence-electron chi connectivity index (χ3n) is 3.10. The summed E-state index contributed by atoms with van der Waals surface area (Å²) in [4.78, 5) is 18.4. The summed E-state index contributed by atoms with van der Waals surface area (Å²) in [6, 6.07) is 5.51. The molecule has 6 nitrogen and oxygen atoms in total. The summed E-state index contributed by atoms with van der Waals surface area (Å²) in [6.07, 6.45) is 0. The molecule has 0 saturated heterocycles. The molecular formula is C15H23N5O. The lowest BCUT2D eigenvalue weighted by molar-refractivity contribution is 0.0785. The Hall–Kier alpha value is -2.13. The van der Waals surface area contributed by atoms with E-state index in [0.29, 0.717) is 17.9 Å². The van der Waals surface area contributed by atoms with Crippen LogP contribution in [0.1, 0.15) is 43.7 Å². The molecule has 1 amide bonds. The van der Waals surface area contributed by atoms with E-state index in [0.717, 1.165) is 5.69 Å². The lowest BCUT2D eigenvalue weighted by atomic mass is 9.90. The van der Waals surface area contributed by atoms with Gasteiger partial charge in [0.2, 0.25) is 0 Å². The smallest absolute Gasteiger partial charge is 0.253 e. The van der Waals surface area contributed by atoms with Crippen LogP contribution >= 0.6 is 0 Å². The Morgan fingerprint density at radius 1 is 1.52 bits per heavy atom. The molecule has 114 valence electrons. The molecule has 0 aliphatic heterocycles. The predicted molar refractivity (Wildman–Crippen MR) is 82.5 cm³/mol. The highest BCUT2D eigenvalue weighted by Crippen LogP contribution is 2.23. The number of hydrazine groups is 1. The van der Waals surface area contributed by atoms with Gasteiger partial charge in [-0.1, -0.05) is 20.8 Å². The number of carbonyl (C=O) groups is 1. The minimum Gasteiger partial charge on any atom is -0.340 e. The molecule has 1 heterocycles. The SMILES string of the molecule is CC(C#N)CN(C)C(=O)c1cc(NN)nc(C(C)(C)C)c1. The van der Waals surface area contributed by atoms with Crippen LogP contribution in [0.2, 0.25) is 0 Å². The Labute approximate surface area is 125 Å². The first-order valence-corrected chi connectivity index (χ1v) is 6.83. The quantitative estimate of drug-likeness (QED) is 0.652. The Balaban J connectivity index is 3.12. The number of nitrogen functional groups attached to an aromatic ring is 1. The Morgan fingerprint density at radius 3 is 2.62 bits per heavy atom. The average molecular weight is 289 g/mol. The number of hydrogen-bond acceptors (Lipinski definition) is 5. The number of anilines is 1. The van der Waals surface area contributed by atoms with Gasteiger partial charge in [0.15, 0.2) is 0 Å². The summed E-state index contributed by atoms with van der Waals surface area (Å²) in [5.41, 5.74) is 3.59. The highest BCUT2D eigenvalue weighted by molar-refractivity contribution is 5.95. The van der Waals surface area contributed by atoms with Gasteiger partial charge in [-0.3, -0.25) is 4.79 Å². The van der Waals surface area contributed by atoms with Crippen LogP contribution in [0.25, 0.3) is 0 Å². The maximum absolute atomic E-state index is 12.5. The van der Waals surface area contributed by atoms with Crippen LogP contribution in [-0.2, 0) is 5.41 Å². The van der Waals surface area contributed by atoms with Crippen molar-refractivity contribution in [1.29, 1.82) is 5.26 Å². The van der Waals surface area contributed by atoms with Crippen LogP contribution in [-0.4, -0.2) is 29.4 Å². The first kappa shape index (κ1) is 16.9. The van der Waals surface area contributed by atoms with E-state index in [1.807, 2.05) is 20.8 Å². The van der Waals surface area contributed by atoms with Crippen LogP contribution < -0.4 is 11.3 Å². The molecule has 0 aromatic carbocycles. The number of nitriles is 1. The molecule has 0 radical (unpaired) electrons. The van der Waals surface area contributed by atoms with E-state index in [2.05, 4.69) is 16.5 Å². The van der Waals surface area contributed by atoms with E-state index in [1.54, 1.807) is 26.1 Å². The largest absolute Gasteiger partial charge is 0.340 e. The van der Waals surface area contributed by atoms with Gasteiger partial charge in [-0.2, -0.15) is 5.26 Å². The zero-order valence-electron chi connectivity index (χ0n) is 13.3. The van der Waals surface area contributed by atoms with Gasteiger partial charge in [0.1, 0.15) is 5.82 Å². The highest BCUT2D eigenvalue weighted by Gasteiger charge is 2.21. The molecule has 6 heteroatoms. The second kappa shape index (κ2) is 6.55. The minimum absolute atomic E-state index is 0.151. The van der Waals surface area contributed by atoms with Crippen molar-refractivity contribution in [2.24, 2.45) is 11.8 Å². The molecule has 0 saturated carbocycles. The zero-order chi connectivity index (χ0) is 16.2. The van der Waals surface area contributed by atoms with Crippen LogP contribution in [0.4, 0.5) is 5.82 Å². The van der Waals surface area contributed by atoms with Crippen molar-refractivity contribution in [3.05, 3.63) is 23.4 Å². The normalized spacial score (nSPS) is 12.4. The second-order valence-electron chi connectivity index (χ2n) is 6.24. The summed E-state index contributed by atoms with van der Waals surface area (Å²) in [5.74, 6) is 5.52. The fourth-order valence-corrected chi connectivity index (χ4v) is 1.87. The Kier molecular flexibility index (Phi) is 5.28. The molecule has 1 rings (SSSR count). The first-order valence-electron chi connectivity index (χ1n) is 6.83. The van der Waals surface area contributed by atoms with Crippen LogP contribution in [0.3, 0.4) is 0 Å². The summed E-state index contributed by atoms with van der Waals surface area (Å²) < 4.78 is 0. The lowest BCUT2D eigenvalue weighted by Crippen LogP contribution is -2.31. The standard InChI is InChI=1S/C15H23N5O/c1-10(8-16)9-20(5)14(21)11-6-12(15(2,3)4)18-13(7-11)19-17/h6-7,10H,9,17H2,1-5H3,(H,18,19). The molecule has 0 fully saturated rings. The molecule has 1 aromatic heterocycles. The number of aromatic nitrogens is 1. The van der Waals surface area contributed by atoms with E-state index in [4.69, 9.17) is 11.1 Å². The minimum atomic E-state index is -0.213. The van der Waals surface area contributed by atoms with Crippen molar-refractivity contribution in [2.45, 2.75) is 33.1 Å². The zero-order valence-corrected chi connectivity index (χ0v) is 13.3. The summed E-state index contributed by atoms with van der Waals surface area (Å²) >= 11 is 0. The number of rotatable bonds is 4. The number of nitrogens with one attached hydrogen (secondary N) is 1. The van der Waals surface area contributed by atoms with Gasteiger partial charge in [-0.15, -0.1) is 0 Å². The molecule has 1 aromatic rings. The van der Waals surface area contributed by atoms with E-state index >= 15 is 0 Å². The van der Waals surface area contributed by atoms with Gasteiger partial charge in [-0.05, 0) is 19.1 Å². The third-order valence-corrected chi connectivity index (χ3v) is 3.10. The summed E-state index contributed by atoms with van der Waals surface area (Å²) in [5, 5.41) is 8.84. The van der Waals surface area contributed by atoms with Gasteiger partial charge >= 0.3 is 0 Å². The number of nitrogens with zero attached hydrogens (tertiary/aromatic N) is 3. The average Bonchev–Trinajstić information content (AvgIpc) is 2.44. The highest BCUT2D eigenvalue weighted by atomic mass is 16.2. The van der Waals surface area contributed by atoms with Crippen molar-refractivity contribution >= 4 is 11.7 Å². The van der Waals surface area contributed by atoms with Gasteiger partial charge in [-0.25, -0.2) is 10.8 Å². The maximum atomic E-state index is 12.5. The Bertz CT molecular complexity index is 556. The van der Waals surface area contributed by atoms with Gasteiger partial charge in [0, 0.05) is 30.3 Å². The van der Waals surface area contributed by atoms with E-state index in [-0.39, 0.29) is 17.2 Å². The number of amides is 1. The van der Waals surface area contributed by atoms with Crippen molar-refractivity contribution in [3.8, 4) is 6.07 Å². The van der Waals surface area contributed by atoms with Crippen molar-refractivity contribution in [3.63, 3.8) is 0 Å². The number of hydrogen-bond donors (Lipinski definition) is 2. The monoisotopic (exact) mass is 289 g/mol. The first-order chi connectivity index (χ1) is 9.68. The molecule has 1 unspecified atom stereocenters. The van der Waals surface area contributed by atoms with Crippen LogP contribution in [0.15, 0.2) is 12.1 Å². The van der Waals surface area contributed by atoms with E-state index in [9.17, 15) is 4.79 Å². The molecule has 1 atom stereocenters. The van der Waals surface area contributed by atoms with E-state index in [1.165, 1.54) is 4.90 Å². The number of carbonyl (C=O) groups excluding carboxylic acids is 1. The summed E-state index contributed by atoms with van der Waals surface area (Å²) in [6.45, 7) is 8.22. The number of pyridine rings is 1. The lowest BCUT2D eigenvalue weighted by Gasteiger charge is -2.22. The van der Waals surface area contributed by atoms with Gasteiger partial charge in [0.25, 0.3) is 5.91 Å². The summed E-state index contributed by atoms with van der Waals surface area (Å²) in [7, 11) is 1.68. The molecular weight excluding hydrogens is 266 g/mol. The van der Waals surface area contributed by atoms with Crippen molar-refractivity contribution in [1.82, 2.24) is 9.88 Å². The topological polar surface area (TPSA) is 95.0 Å². The van der Waals surface area contributed by atoms with Crippen molar-refractivity contribution in [2.75, 3.05) is 19.0 Å². The molecule has 0 aliphatic rings. The fraction of sp³-hybridized carbons (Fsp3) is 0.533. The fourth-order valence-electron chi connectivity index (χ4n) is 1.87. The Morgan fingerprint density at radius 2 is 2.14 bits per heavy atom. The molecule has 3 N–H and O–H groups in total. The molecule has 0 bridgehead atoms. The van der Waals surface area contributed by atoms with Crippen molar-refractivity contribution < 1.29 is 4.79 Å². The van der Waals surface area contributed by atoms with Gasteiger partial charge < -0.3 is 10.3 Å². The van der Waals surface area contributed by atoms with E-state index < -0.39 is 0 Å². The van der Waals surface area contributed by atoms with Crippen LogP contribution in [0, 0.1) is 17.2 Å².